The maximum Gasteiger partial charge on any atom is 0.127 e. The van der Waals surface area contributed by atoms with Crippen LogP contribution < -0.4 is 9.47 Å². The zero-order valence-corrected chi connectivity index (χ0v) is 20.5. The largest absolute Gasteiger partial charge is 0.497 e. The van der Waals surface area contributed by atoms with Crippen LogP contribution >= 0.6 is 0 Å². The third-order valence-electron chi connectivity index (χ3n) is 10.8. The molecule has 1 aromatic rings. The van der Waals surface area contributed by atoms with Crippen LogP contribution in [0.3, 0.4) is 0 Å². The molecule has 0 radical (unpaired) electrons. The van der Waals surface area contributed by atoms with Crippen LogP contribution in [0, 0.1) is 34.5 Å². The van der Waals surface area contributed by atoms with Gasteiger partial charge in [0.1, 0.15) is 11.5 Å². The van der Waals surface area contributed by atoms with Gasteiger partial charge in [0.15, 0.2) is 0 Å². The Morgan fingerprint density at radius 1 is 0.935 bits per heavy atom. The standard InChI is InChI=1S/C28H43NO2/c1-19-7-11-23-22-10-12-26-28(3,24(22)13-15-27(19,23)2)14-6-16-29(26)18-20-8-9-21(30-4)17-25(20)31-5/h8-9,17,19,22-24,26H,6-7,10-16,18H2,1-5H3/t19?,22-,23-,24+,26?,27+,28+/m0/s1. The van der Waals surface area contributed by atoms with Crippen LogP contribution in [0.15, 0.2) is 18.2 Å². The summed E-state index contributed by atoms with van der Waals surface area (Å²) in [6.45, 7) is 10.1. The fourth-order valence-electron chi connectivity index (χ4n) is 8.86. The van der Waals surface area contributed by atoms with Crippen molar-refractivity contribution in [2.45, 2.75) is 84.7 Å². The molecule has 3 saturated carbocycles. The minimum Gasteiger partial charge on any atom is -0.497 e. The van der Waals surface area contributed by atoms with Gasteiger partial charge in [0.25, 0.3) is 0 Å². The molecule has 1 aromatic carbocycles. The van der Waals surface area contributed by atoms with E-state index >= 15 is 0 Å². The minimum atomic E-state index is 0.480. The molecule has 3 nitrogen and oxygen atoms in total. The molecule has 1 saturated heterocycles. The van der Waals surface area contributed by atoms with Crippen molar-refractivity contribution in [1.82, 2.24) is 4.90 Å². The highest BCUT2D eigenvalue weighted by molar-refractivity contribution is 5.40. The molecule has 0 bridgehead atoms. The van der Waals surface area contributed by atoms with E-state index in [0.717, 1.165) is 47.8 Å². The molecule has 2 unspecified atom stereocenters. The summed E-state index contributed by atoms with van der Waals surface area (Å²) in [7, 11) is 3.51. The first kappa shape index (κ1) is 21.6. The van der Waals surface area contributed by atoms with Crippen LogP contribution in [0.2, 0.25) is 0 Å². The molecule has 31 heavy (non-hydrogen) atoms. The van der Waals surface area contributed by atoms with E-state index in [1.807, 2.05) is 6.07 Å². The fraction of sp³-hybridized carbons (Fsp3) is 0.786. The van der Waals surface area contributed by atoms with Crippen LogP contribution in [0.4, 0.5) is 0 Å². The third-order valence-corrected chi connectivity index (χ3v) is 10.8. The molecule has 3 aliphatic carbocycles. The SMILES string of the molecule is COc1ccc(CN2CCC[C@@]3(C)C2CC[C@@H]2[C@H]3CC[C@]3(C)C(C)CC[C@@H]23)c(OC)c1. The number of ether oxygens (including phenoxy) is 2. The minimum absolute atomic E-state index is 0.480. The Hall–Kier alpha value is -1.22. The quantitative estimate of drug-likeness (QED) is 0.546. The van der Waals surface area contributed by atoms with Gasteiger partial charge in [-0.25, -0.2) is 0 Å². The first-order chi connectivity index (χ1) is 14.9. The van der Waals surface area contributed by atoms with E-state index in [2.05, 4.69) is 37.8 Å². The highest BCUT2D eigenvalue weighted by Crippen LogP contribution is 2.66. The molecule has 0 aromatic heterocycles. The summed E-state index contributed by atoms with van der Waals surface area (Å²) >= 11 is 0. The van der Waals surface area contributed by atoms with E-state index in [4.69, 9.17) is 9.47 Å². The van der Waals surface area contributed by atoms with Gasteiger partial charge in [0.05, 0.1) is 14.2 Å². The Labute approximate surface area is 189 Å². The highest BCUT2D eigenvalue weighted by atomic mass is 16.5. The summed E-state index contributed by atoms with van der Waals surface area (Å²) in [5.41, 5.74) is 2.40. The van der Waals surface area contributed by atoms with Crippen LogP contribution in [-0.2, 0) is 6.54 Å². The number of hydrogen-bond acceptors (Lipinski definition) is 3. The number of rotatable bonds is 4. The summed E-state index contributed by atoms with van der Waals surface area (Å²) in [6, 6.07) is 7.05. The molecular formula is C28H43NO2. The van der Waals surface area contributed by atoms with E-state index in [1.165, 1.54) is 63.5 Å². The maximum absolute atomic E-state index is 5.74. The molecule has 0 amide bonds. The van der Waals surface area contributed by atoms with Gasteiger partial charge in [-0.3, -0.25) is 4.90 Å². The number of benzene rings is 1. The molecule has 7 atom stereocenters. The lowest BCUT2D eigenvalue weighted by Gasteiger charge is -2.62. The Bertz CT molecular complexity index is 808. The predicted molar refractivity (Wildman–Crippen MR) is 127 cm³/mol. The van der Waals surface area contributed by atoms with E-state index < -0.39 is 0 Å². The fourth-order valence-corrected chi connectivity index (χ4v) is 8.86. The second kappa shape index (κ2) is 7.97. The van der Waals surface area contributed by atoms with Gasteiger partial charge in [-0.2, -0.15) is 0 Å². The summed E-state index contributed by atoms with van der Waals surface area (Å²) in [6.07, 6.45) is 11.5. The summed E-state index contributed by atoms with van der Waals surface area (Å²) in [5, 5.41) is 0. The van der Waals surface area contributed by atoms with Gasteiger partial charge >= 0.3 is 0 Å². The van der Waals surface area contributed by atoms with E-state index in [0.29, 0.717) is 10.8 Å². The number of likely N-dealkylation sites (tertiary alicyclic amines) is 1. The van der Waals surface area contributed by atoms with E-state index in [1.54, 1.807) is 14.2 Å². The summed E-state index contributed by atoms with van der Waals surface area (Å²) < 4.78 is 11.2. The molecule has 4 aliphatic rings. The number of nitrogens with zero attached hydrogens (tertiary/aromatic N) is 1. The molecule has 3 heteroatoms. The van der Waals surface area contributed by atoms with Gasteiger partial charge in [-0.15, -0.1) is 0 Å². The van der Waals surface area contributed by atoms with Crippen molar-refractivity contribution >= 4 is 0 Å². The zero-order chi connectivity index (χ0) is 21.8. The van der Waals surface area contributed by atoms with Gasteiger partial charge in [-0.1, -0.05) is 26.8 Å². The van der Waals surface area contributed by atoms with Crippen molar-refractivity contribution in [2.24, 2.45) is 34.5 Å². The molecule has 1 heterocycles. The first-order valence-electron chi connectivity index (χ1n) is 12.9. The summed E-state index contributed by atoms with van der Waals surface area (Å²) in [5.74, 6) is 5.65. The Morgan fingerprint density at radius 2 is 1.74 bits per heavy atom. The Kier molecular flexibility index (Phi) is 5.56. The maximum atomic E-state index is 5.74. The number of piperidine rings is 1. The summed E-state index contributed by atoms with van der Waals surface area (Å²) in [4.78, 5) is 2.81. The molecule has 0 spiro atoms. The van der Waals surface area contributed by atoms with Crippen LogP contribution in [0.25, 0.3) is 0 Å². The van der Waals surface area contributed by atoms with Gasteiger partial charge < -0.3 is 9.47 Å². The second-order valence-corrected chi connectivity index (χ2v) is 11.8. The van der Waals surface area contributed by atoms with Crippen LogP contribution in [0.1, 0.15) is 77.7 Å². The number of fused-ring (bicyclic) bond motifs is 5. The van der Waals surface area contributed by atoms with Crippen molar-refractivity contribution in [3.63, 3.8) is 0 Å². The van der Waals surface area contributed by atoms with Crippen molar-refractivity contribution in [2.75, 3.05) is 20.8 Å². The first-order valence-corrected chi connectivity index (χ1v) is 12.9. The molecule has 1 aliphatic heterocycles. The van der Waals surface area contributed by atoms with Crippen molar-refractivity contribution in [3.8, 4) is 11.5 Å². The van der Waals surface area contributed by atoms with Crippen LogP contribution in [-0.4, -0.2) is 31.7 Å². The highest BCUT2D eigenvalue weighted by Gasteiger charge is 2.59. The lowest BCUT2D eigenvalue weighted by molar-refractivity contribution is -0.128. The second-order valence-electron chi connectivity index (χ2n) is 11.8. The molecule has 4 fully saturated rings. The van der Waals surface area contributed by atoms with E-state index in [9.17, 15) is 0 Å². The monoisotopic (exact) mass is 425 g/mol. The molecule has 0 N–H and O–H groups in total. The van der Waals surface area contributed by atoms with Gasteiger partial charge in [0.2, 0.25) is 0 Å². The molecule has 172 valence electrons. The van der Waals surface area contributed by atoms with Gasteiger partial charge in [0, 0.05) is 24.2 Å². The lowest BCUT2D eigenvalue weighted by Crippen LogP contribution is -2.60. The van der Waals surface area contributed by atoms with Crippen molar-refractivity contribution < 1.29 is 9.47 Å². The predicted octanol–water partition coefficient (Wildman–Crippen LogP) is 6.55. The third kappa shape index (κ3) is 3.33. The van der Waals surface area contributed by atoms with Crippen molar-refractivity contribution in [1.29, 1.82) is 0 Å². The van der Waals surface area contributed by atoms with E-state index in [-0.39, 0.29) is 0 Å². The zero-order valence-electron chi connectivity index (χ0n) is 20.5. The van der Waals surface area contributed by atoms with Crippen LogP contribution in [0.5, 0.6) is 11.5 Å². The topological polar surface area (TPSA) is 21.7 Å². The lowest BCUT2D eigenvalue weighted by atomic mass is 9.47. The molecule has 5 rings (SSSR count). The normalized spacial score (nSPS) is 42.4. The van der Waals surface area contributed by atoms with Gasteiger partial charge in [-0.05, 0) is 98.5 Å². The Balaban J connectivity index is 1.38. The average Bonchev–Trinajstić information content (AvgIpc) is 3.08. The number of methoxy groups -OCH3 is 2. The van der Waals surface area contributed by atoms with Crippen molar-refractivity contribution in [3.05, 3.63) is 23.8 Å². The average molecular weight is 426 g/mol. The number of hydrogen-bond donors (Lipinski definition) is 0. The Morgan fingerprint density at radius 3 is 2.52 bits per heavy atom. The molecular weight excluding hydrogens is 382 g/mol. The smallest absolute Gasteiger partial charge is 0.127 e.